The minimum Gasteiger partial charge on any atom is -0.375 e. The van der Waals surface area contributed by atoms with Crippen molar-refractivity contribution in [3.8, 4) is 11.1 Å². The summed E-state index contributed by atoms with van der Waals surface area (Å²) in [7, 11) is -15.8. The molecule has 0 fully saturated rings. The van der Waals surface area contributed by atoms with Crippen LogP contribution in [0.5, 0.6) is 0 Å². The molecular formula is C26H35NO12S3Si. The molecule has 17 heteroatoms. The molecule has 3 aromatic carbocycles. The van der Waals surface area contributed by atoms with E-state index in [4.69, 9.17) is 13.3 Å². The smallest absolute Gasteiger partial charge is 0.375 e. The number of benzene rings is 3. The quantitative estimate of drug-likeness (QED) is 0.154. The van der Waals surface area contributed by atoms with Gasteiger partial charge in [-0.25, -0.2) is 0 Å². The summed E-state index contributed by atoms with van der Waals surface area (Å²) in [6, 6.07) is 10.4. The molecule has 0 saturated heterocycles. The molecule has 3 aromatic rings. The highest BCUT2D eigenvalue weighted by molar-refractivity contribution is 7.87. The van der Waals surface area contributed by atoms with Gasteiger partial charge in [0.25, 0.3) is 30.4 Å². The summed E-state index contributed by atoms with van der Waals surface area (Å²) in [5.74, 6) is 0. The Morgan fingerprint density at radius 2 is 1.21 bits per heavy atom. The SMILES string of the molecule is CCO[Si](CCCN(C)c1ccc(-c2cc(S(=O)(=O)O)cc3cc(S(=O)(=O)O)cc(S(=O)(=O)O)c23)cc1)(OCC)OCC. The third-order valence-electron chi connectivity index (χ3n) is 6.52. The van der Waals surface area contributed by atoms with E-state index < -0.39 is 53.8 Å². The van der Waals surface area contributed by atoms with Crippen LogP contribution in [0, 0.1) is 0 Å². The molecular weight excluding hydrogens is 643 g/mol. The monoisotopic (exact) mass is 677 g/mol. The van der Waals surface area contributed by atoms with Crippen molar-refractivity contribution in [3.63, 3.8) is 0 Å². The second-order valence-electron chi connectivity index (χ2n) is 9.47. The molecule has 0 saturated carbocycles. The van der Waals surface area contributed by atoms with Gasteiger partial charge in [-0.05, 0) is 80.1 Å². The van der Waals surface area contributed by atoms with Gasteiger partial charge in [0.1, 0.15) is 4.90 Å². The maximum atomic E-state index is 12.3. The lowest BCUT2D eigenvalue weighted by atomic mass is 9.98. The van der Waals surface area contributed by atoms with Gasteiger partial charge in [0.15, 0.2) is 0 Å². The van der Waals surface area contributed by atoms with Gasteiger partial charge in [0, 0.05) is 50.5 Å². The number of hydrogen-bond donors (Lipinski definition) is 3. The summed E-state index contributed by atoms with van der Waals surface area (Å²) in [6.45, 7) is 7.65. The third kappa shape index (κ3) is 8.59. The molecule has 13 nitrogen and oxygen atoms in total. The van der Waals surface area contributed by atoms with Crippen LogP contribution >= 0.6 is 0 Å². The molecule has 0 spiro atoms. The maximum absolute atomic E-state index is 12.3. The zero-order valence-electron chi connectivity index (χ0n) is 24.0. The predicted octanol–water partition coefficient (Wildman–Crippen LogP) is 4.12. The van der Waals surface area contributed by atoms with Crippen molar-refractivity contribution in [3.05, 3.63) is 48.5 Å². The third-order valence-corrected chi connectivity index (χ3v) is 12.2. The fraction of sp³-hybridized carbons (Fsp3) is 0.385. The molecule has 0 heterocycles. The van der Waals surface area contributed by atoms with Gasteiger partial charge < -0.3 is 18.2 Å². The van der Waals surface area contributed by atoms with Crippen LogP contribution < -0.4 is 4.90 Å². The van der Waals surface area contributed by atoms with Crippen molar-refractivity contribution >= 4 is 55.6 Å². The highest BCUT2D eigenvalue weighted by Crippen LogP contribution is 2.38. The lowest BCUT2D eigenvalue weighted by Gasteiger charge is -2.29. The normalized spacial score (nSPS) is 13.0. The van der Waals surface area contributed by atoms with E-state index in [1.54, 1.807) is 24.3 Å². The maximum Gasteiger partial charge on any atom is 0.500 e. The van der Waals surface area contributed by atoms with Gasteiger partial charge in [0.2, 0.25) is 0 Å². The second-order valence-corrected chi connectivity index (χ2v) is 16.4. The van der Waals surface area contributed by atoms with Crippen molar-refractivity contribution in [1.29, 1.82) is 0 Å². The molecule has 0 aromatic heterocycles. The van der Waals surface area contributed by atoms with Crippen LogP contribution in [0.3, 0.4) is 0 Å². The van der Waals surface area contributed by atoms with Gasteiger partial charge in [-0.2, -0.15) is 25.3 Å². The fourth-order valence-electron chi connectivity index (χ4n) is 4.71. The van der Waals surface area contributed by atoms with Crippen LogP contribution in [0.15, 0.2) is 63.2 Å². The molecule has 0 radical (unpaired) electrons. The summed E-state index contributed by atoms with van der Waals surface area (Å²) in [4.78, 5) is -0.466. The van der Waals surface area contributed by atoms with E-state index in [-0.39, 0.29) is 16.3 Å². The van der Waals surface area contributed by atoms with Crippen molar-refractivity contribution in [2.75, 3.05) is 38.3 Å². The molecule has 0 aliphatic carbocycles. The van der Waals surface area contributed by atoms with Crippen LogP contribution in [0.25, 0.3) is 21.9 Å². The van der Waals surface area contributed by atoms with Crippen molar-refractivity contribution in [2.24, 2.45) is 0 Å². The Morgan fingerprint density at radius 1 is 0.721 bits per heavy atom. The van der Waals surface area contributed by atoms with Crippen molar-refractivity contribution in [2.45, 2.75) is 47.9 Å². The average molecular weight is 678 g/mol. The average Bonchev–Trinajstić information content (AvgIpc) is 2.90. The molecule has 43 heavy (non-hydrogen) atoms. The molecule has 0 unspecified atom stereocenters. The van der Waals surface area contributed by atoms with E-state index in [0.717, 1.165) is 23.9 Å². The Balaban J connectivity index is 2.05. The van der Waals surface area contributed by atoms with E-state index in [1.807, 2.05) is 32.7 Å². The van der Waals surface area contributed by atoms with Gasteiger partial charge in [-0.1, -0.05) is 12.1 Å². The summed E-state index contributed by atoms with van der Waals surface area (Å²) in [5.41, 5.74) is 1.03. The van der Waals surface area contributed by atoms with E-state index in [0.29, 0.717) is 50.5 Å². The van der Waals surface area contributed by atoms with Gasteiger partial charge in [0.05, 0.1) is 9.79 Å². The van der Waals surface area contributed by atoms with Crippen LogP contribution in [-0.4, -0.2) is 81.1 Å². The van der Waals surface area contributed by atoms with E-state index in [1.165, 1.54) is 0 Å². The molecule has 0 atom stereocenters. The Kier molecular flexibility index (Phi) is 11.1. The van der Waals surface area contributed by atoms with Gasteiger partial charge in [-0.3, -0.25) is 13.7 Å². The first-order valence-corrected chi connectivity index (χ1v) is 19.5. The molecule has 0 aliphatic heterocycles. The first kappa shape index (κ1) is 35.0. The molecule has 3 rings (SSSR count). The standard InChI is InChI=1S/C26H35NO12S3Si/c1-5-37-43(38-6-2,39-7-3)14-8-13-27(4)21-11-9-19(10-12-21)24-17-22(40(28,29)30)15-20-16-23(41(31,32)33)18-25(26(20)24)42(34,35)36/h9-12,15-18H,5-8,13-14H2,1-4H3,(H,28,29,30)(H,31,32,33)(H,34,35,36). The first-order chi connectivity index (χ1) is 20.0. The second kappa shape index (κ2) is 13.7. The predicted molar refractivity (Wildman–Crippen MR) is 162 cm³/mol. The summed E-state index contributed by atoms with van der Waals surface area (Å²) >= 11 is 0. The minimum absolute atomic E-state index is 0.0326. The number of anilines is 1. The molecule has 238 valence electrons. The number of hydrogen-bond acceptors (Lipinski definition) is 10. The molecule has 3 N–H and O–H groups in total. The zero-order chi connectivity index (χ0) is 32.2. The molecule has 0 amide bonds. The Labute approximate surface area is 253 Å². The van der Waals surface area contributed by atoms with E-state index >= 15 is 0 Å². The van der Waals surface area contributed by atoms with Crippen molar-refractivity contribution in [1.82, 2.24) is 0 Å². The number of rotatable bonds is 15. The summed E-state index contributed by atoms with van der Waals surface area (Å²) in [6.07, 6.45) is 0.694. The van der Waals surface area contributed by atoms with E-state index in [2.05, 4.69) is 0 Å². The number of nitrogens with zero attached hydrogens (tertiary/aromatic N) is 1. The lowest BCUT2D eigenvalue weighted by Crippen LogP contribution is -2.46. The van der Waals surface area contributed by atoms with Crippen LogP contribution in [-0.2, 0) is 43.6 Å². The minimum atomic E-state index is -5.07. The molecule has 0 aliphatic rings. The fourth-order valence-corrected chi connectivity index (χ4v) is 9.22. The molecule has 0 bridgehead atoms. The highest BCUT2D eigenvalue weighted by atomic mass is 32.2. The zero-order valence-corrected chi connectivity index (χ0v) is 27.5. The largest absolute Gasteiger partial charge is 0.500 e. The van der Waals surface area contributed by atoms with Crippen LogP contribution in [0.2, 0.25) is 6.04 Å². The Morgan fingerprint density at radius 3 is 1.65 bits per heavy atom. The van der Waals surface area contributed by atoms with Crippen LogP contribution in [0.1, 0.15) is 27.2 Å². The summed E-state index contributed by atoms with van der Waals surface area (Å²) in [5, 5.41) is -0.493. The number of fused-ring (bicyclic) bond motifs is 1. The highest BCUT2D eigenvalue weighted by Gasteiger charge is 2.39. The van der Waals surface area contributed by atoms with Crippen LogP contribution in [0.4, 0.5) is 5.69 Å². The first-order valence-electron chi connectivity index (χ1n) is 13.2. The summed E-state index contributed by atoms with van der Waals surface area (Å²) < 4.78 is 119. The topological polar surface area (TPSA) is 194 Å². The Bertz CT molecular complexity index is 1760. The van der Waals surface area contributed by atoms with Crippen molar-refractivity contribution < 1.29 is 52.2 Å². The lowest BCUT2D eigenvalue weighted by molar-refractivity contribution is 0.0709. The van der Waals surface area contributed by atoms with E-state index in [9.17, 15) is 38.9 Å². The van der Waals surface area contributed by atoms with Gasteiger partial charge in [-0.15, -0.1) is 0 Å². The Hall–Kier alpha value is -2.45. The van der Waals surface area contributed by atoms with Gasteiger partial charge >= 0.3 is 8.80 Å².